The Hall–Kier alpha value is -3.12. The van der Waals surface area contributed by atoms with E-state index in [0.29, 0.717) is 11.3 Å². The zero-order chi connectivity index (χ0) is 21.7. The lowest BCUT2D eigenvalue weighted by Gasteiger charge is -2.21. The quantitative estimate of drug-likeness (QED) is 0.600. The van der Waals surface area contributed by atoms with Gasteiger partial charge in [-0.3, -0.25) is 9.10 Å². The van der Waals surface area contributed by atoms with Crippen molar-refractivity contribution in [2.45, 2.75) is 31.2 Å². The zero-order valence-corrected chi connectivity index (χ0v) is 18.2. The van der Waals surface area contributed by atoms with Crippen molar-refractivity contribution in [3.05, 3.63) is 95.6 Å². The maximum atomic E-state index is 13.0. The Bertz CT molecular complexity index is 1110. The maximum absolute atomic E-state index is 13.0. The lowest BCUT2D eigenvalue weighted by Crippen LogP contribution is -2.29. The molecule has 0 spiro atoms. The van der Waals surface area contributed by atoms with Crippen LogP contribution in [0.1, 0.15) is 40.9 Å². The average Bonchev–Trinajstić information content (AvgIpc) is 2.77. The minimum atomic E-state index is -3.72. The van der Waals surface area contributed by atoms with Crippen LogP contribution in [-0.4, -0.2) is 21.4 Å². The summed E-state index contributed by atoms with van der Waals surface area (Å²) < 4.78 is 27.1. The second-order valence-corrected chi connectivity index (χ2v) is 9.15. The van der Waals surface area contributed by atoms with Gasteiger partial charge >= 0.3 is 0 Å². The molecule has 3 aromatic rings. The molecule has 1 atom stereocenters. The van der Waals surface area contributed by atoms with Gasteiger partial charge in [0.15, 0.2) is 0 Å². The predicted molar refractivity (Wildman–Crippen MR) is 120 cm³/mol. The van der Waals surface area contributed by atoms with Crippen molar-refractivity contribution in [1.29, 1.82) is 0 Å². The molecule has 0 aliphatic carbocycles. The molecule has 0 radical (unpaired) electrons. The molecular formula is C24H26N2O3S. The molecule has 0 heterocycles. The molecule has 0 fully saturated rings. The van der Waals surface area contributed by atoms with Crippen LogP contribution in [0.4, 0.5) is 5.69 Å². The number of sulfonamides is 1. The molecule has 1 amide bonds. The van der Waals surface area contributed by atoms with Gasteiger partial charge in [0.1, 0.15) is 0 Å². The Labute approximate surface area is 178 Å². The summed E-state index contributed by atoms with van der Waals surface area (Å²) in [6.07, 6.45) is 0.747. The van der Waals surface area contributed by atoms with E-state index in [1.807, 2.05) is 44.2 Å². The molecule has 0 aliphatic rings. The van der Waals surface area contributed by atoms with Crippen LogP contribution in [0.2, 0.25) is 0 Å². The number of benzene rings is 3. The number of rotatable bonds is 7. The van der Waals surface area contributed by atoms with Crippen molar-refractivity contribution in [2.24, 2.45) is 0 Å². The number of aryl methyl sites for hydroxylation is 1. The lowest BCUT2D eigenvalue weighted by molar-refractivity contribution is 0.0935. The van der Waals surface area contributed by atoms with Crippen LogP contribution >= 0.6 is 0 Å². The van der Waals surface area contributed by atoms with Gasteiger partial charge in [0.05, 0.1) is 16.6 Å². The van der Waals surface area contributed by atoms with Gasteiger partial charge in [-0.15, -0.1) is 0 Å². The van der Waals surface area contributed by atoms with Crippen LogP contribution in [0.5, 0.6) is 0 Å². The fraction of sp³-hybridized carbons (Fsp3) is 0.208. The lowest BCUT2D eigenvalue weighted by atomic mass is 10.0. The van der Waals surface area contributed by atoms with Gasteiger partial charge in [-0.2, -0.15) is 0 Å². The molecule has 156 valence electrons. The average molecular weight is 423 g/mol. The first-order valence-corrected chi connectivity index (χ1v) is 11.3. The molecule has 0 aromatic heterocycles. The monoisotopic (exact) mass is 422 g/mol. The van der Waals surface area contributed by atoms with E-state index in [1.54, 1.807) is 48.5 Å². The largest absolute Gasteiger partial charge is 0.345 e. The highest BCUT2D eigenvalue weighted by molar-refractivity contribution is 7.92. The normalized spacial score (nSPS) is 12.2. The predicted octanol–water partition coefficient (Wildman–Crippen LogP) is 4.70. The summed E-state index contributed by atoms with van der Waals surface area (Å²) in [5, 5.41) is 3.04. The third-order valence-electron chi connectivity index (χ3n) is 5.07. The summed E-state index contributed by atoms with van der Waals surface area (Å²) in [6, 6.07) is 23.0. The molecule has 1 N–H and O–H groups in total. The molecule has 1 unspecified atom stereocenters. The Morgan fingerprint density at radius 3 is 2.27 bits per heavy atom. The molecular weight excluding hydrogens is 396 g/mol. The summed E-state index contributed by atoms with van der Waals surface area (Å²) in [4.78, 5) is 13.0. The first kappa shape index (κ1) is 21.6. The van der Waals surface area contributed by atoms with Gasteiger partial charge in [-0.1, -0.05) is 61.0 Å². The molecule has 0 aliphatic heterocycles. The van der Waals surface area contributed by atoms with Crippen molar-refractivity contribution in [3.63, 3.8) is 0 Å². The Morgan fingerprint density at radius 2 is 1.63 bits per heavy atom. The summed E-state index contributed by atoms with van der Waals surface area (Å²) >= 11 is 0. The second kappa shape index (κ2) is 9.13. The summed E-state index contributed by atoms with van der Waals surface area (Å²) in [5.41, 5.74) is 2.85. The van der Waals surface area contributed by atoms with Gasteiger partial charge in [0.25, 0.3) is 15.9 Å². The van der Waals surface area contributed by atoms with E-state index in [2.05, 4.69) is 5.32 Å². The first-order chi connectivity index (χ1) is 14.3. The molecule has 0 saturated heterocycles. The van der Waals surface area contributed by atoms with E-state index < -0.39 is 10.0 Å². The molecule has 3 aromatic carbocycles. The summed E-state index contributed by atoms with van der Waals surface area (Å²) in [5.74, 6) is -0.242. The van der Waals surface area contributed by atoms with Crippen molar-refractivity contribution in [1.82, 2.24) is 5.32 Å². The van der Waals surface area contributed by atoms with Crippen molar-refractivity contribution in [3.8, 4) is 0 Å². The van der Waals surface area contributed by atoms with Crippen LogP contribution < -0.4 is 9.62 Å². The first-order valence-electron chi connectivity index (χ1n) is 9.84. The summed E-state index contributed by atoms with van der Waals surface area (Å²) in [6.45, 7) is 3.91. The van der Waals surface area contributed by atoms with Crippen molar-refractivity contribution < 1.29 is 13.2 Å². The Morgan fingerprint density at radius 1 is 0.967 bits per heavy atom. The van der Waals surface area contributed by atoms with Crippen molar-refractivity contribution >= 4 is 21.6 Å². The van der Waals surface area contributed by atoms with Crippen LogP contribution in [0.25, 0.3) is 0 Å². The van der Waals surface area contributed by atoms with E-state index in [9.17, 15) is 13.2 Å². The number of hydrogen-bond acceptors (Lipinski definition) is 3. The number of amides is 1. The second-order valence-electron chi connectivity index (χ2n) is 7.18. The van der Waals surface area contributed by atoms with Crippen molar-refractivity contribution in [2.75, 3.05) is 11.4 Å². The SMILES string of the molecule is CCC(NC(=O)c1cccc(N(C)S(=O)(=O)c2ccc(C)cc2)c1)c1ccccc1. The minimum absolute atomic E-state index is 0.114. The van der Waals surface area contributed by atoms with E-state index >= 15 is 0 Å². The zero-order valence-electron chi connectivity index (χ0n) is 17.4. The van der Waals surface area contributed by atoms with E-state index in [4.69, 9.17) is 0 Å². The van der Waals surface area contributed by atoms with Gasteiger partial charge < -0.3 is 5.32 Å². The van der Waals surface area contributed by atoms with E-state index in [1.165, 1.54) is 11.4 Å². The van der Waals surface area contributed by atoms with Crippen LogP contribution in [-0.2, 0) is 10.0 Å². The van der Waals surface area contributed by atoms with Gasteiger partial charge in [-0.25, -0.2) is 8.42 Å². The number of hydrogen-bond donors (Lipinski definition) is 1. The highest BCUT2D eigenvalue weighted by Gasteiger charge is 2.22. The van der Waals surface area contributed by atoms with E-state index in [0.717, 1.165) is 17.5 Å². The fourth-order valence-corrected chi connectivity index (χ4v) is 4.39. The number of carbonyl (C=O) groups is 1. The van der Waals surface area contributed by atoms with Crippen LogP contribution in [0, 0.1) is 6.92 Å². The standard InChI is InChI=1S/C24H26N2O3S/c1-4-23(19-9-6-5-7-10-19)25-24(27)20-11-8-12-21(17-20)26(3)30(28,29)22-15-13-18(2)14-16-22/h5-17,23H,4H2,1-3H3,(H,25,27). The Kier molecular flexibility index (Phi) is 6.57. The molecule has 30 heavy (non-hydrogen) atoms. The molecule has 0 saturated carbocycles. The van der Waals surface area contributed by atoms with Gasteiger partial charge in [0.2, 0.25) is 0 Å². The topological polar surface area (TPSA) is 66.5 Å². The number of nitrogens with one attached hydrogen (secondary N) is 1. The molecule has 3 rings (SSSR count). The molecule has 5 nitrogen and oxygen atoms in total. The highest BCUT2D eigenvalue weighted by atomic mass is 32.2. The molecule has 0 bridgehead atoms. The minimum Gasteiger partial charge on any atom is -0.345 e. The van der Waals surface area contributed by atoms with Crippen LogP contribution in [0.15, 0.2) is 83.8 Å². The number of anilines is 1. The third kappa shape index (κ3) is 4.71. The smallest absolute Gasteiger partial charge is 0.264 e. The fourth-order valence-electron chi connectivity index (χ4n) is 3.20. The van der Waals surface area contributed by atoms with Crippen LogP contribution in [0.3, 0.4) is 0 Å². The number of carbonyl (C=O) groups excluding carboxylic acids is 1. The molecule has 6 heteroatoms. The maximum Gasteiger partial charge on any atom is 0.264 e. The van der Waals surface area contributed by atoms with Gasteiger partial charge in [0, 0.05) is 12.6 Å². The summed E-state index contributed by atoms with van der Waals surface area (Å²) in [7, 11) is -2.23. The van der Waals surface area contributed by atoms with Gasteiger partial charge in [-0.05, 0) is 49.2 Å². The number of nitrogens with zero attached hydrogens (tertiary/aromatic N) is 1. The van der Waals surface area contributed by atoms with E-state index in [-0.39, 0.29) is 16.8 Å². The Balaban J connectivity index is 1.83. The third-order valence-corrected chi connectivity index (χ3v) is 6.87. The highest BCUT2D eigenvalue weighted by Crippen LogP contribution is 2.24.